The minimum absolute atomic E-state index is 0.111. The van der Waals surface area contributed by atoms with Crippen LogP contribution in [0.2, 0.25) is 0 Å². The number of hydrogen-bond acceptors (Lipinski definition) is 0. The van der Waals surface area contributed by atoms with Gasteiger partial charge < -0.3 is 0 Å². The van der Waals surface area contributed by atoms with E-state index in [4.69, 9.17) is 6.53 Å². The van der Waals surface area contributed by atoms with Gasteiger partial charge in [0, 0.05) is 0 Å². The minimum atomic E-state index is -0.111. The topological polar surface area (TPSA) is 0 Å². The fraction of sp³-hybridized carbons (Fsp3) is 1.00. The van der Waals surface area contributed by atoms with Gasteiger partial charge in [-0.3, -0.25) is 0 Å². The van der Waals surface area contributed by atoms with Gasteiger partial charge in [-0.25, -0.2) is 0 Å². The molecule has 0 nitrogen and oxygen atoms in total. The maximum atomic E-state index is 5.03. The van der Waals surface area contributed by atoms with E-state index >= 15 is 0 Å². The van der Waals surface area contributed by atoms with E-state index in [0.717, 1.165) is 0 Å². The molecule has 0 aromatic carbocycles. The molecule has 0 amide bonds. The van der Waals surface area contributed by atoms with Crippen LogP contribution in [0.5, 0.6) is 0 Å². The predicted molar refractivity (Wildman–Crippen MR) is 26.4 cm³/mol. The van der Waals surface area contributed by atoms with E-state index in [2.05, 4.69) is 6.72 Å². The first-order chi connectivity index (χ1) is 1.73. The molecule has 0 aliphatic carbocycles. The zero-order valence-corrected chi connectivity index (χ0v) is 3.51. The molecular formula is CH4B2S. The van der Waals surface area contributed by atoms with Crippen LogP contribution in [0.15, 0.2) is 0 Å². The molecular weight excluding hydrogens is 65.7 g/mol. The Morgan fingerprint density at radius 3 is 2.00 bits per heavy atom. The Bertz CT molecular complexity index is 96.2. The van der Waals surface area contributed by atoms with Crippen molar-refractivity contribution in [3.8, 4) is 0 Å². The molecule has 0 unspecified atom stereocenters. The molecule has 0 bridgehead atoms. The Morgan fingerprint density at radius 1 is 2.00 bits per heavy atom. The molecule has 0 N–H and O–H groups in total. The first-order valence-corrected chi connectivity index (χ1v) is 2.80. The maximum absolute atomic E-state index is 5.03. The molecule has 3 heteroatoms. The van der Waals surface area contributed by atoms with Crippen LogP contribution in [0.25, 0.3) is 0 Å². The van der Waals surface area contributed by atoms with Gasteiger partial charge in [0.2, 0.25) is 0 Å². The molecule has 0 aliphatic rings. The molecule has 0 aliphatic heterocycles. The van der Waals surface area contributed by atoms with Crippen molar-refractivity contribution in [1.29, 1.82) is 0 Å². The molecule has 0 rings (SSSR count). The van der Waals surface area contributed by atoms with Crippen molar-refractivity contribution >= 4 is 22.8 Å². The number of rotatable bonds is 0. The Kier molecular flexibility index (Phi) is 1.79. The Morgan fingerprint density at radius 2 is 2.00 bits per heavy atom. The molecule has 0 aromatic rings. The number of hydrogen-bond donors (Lipinski definition) is 0. The van der Waals surface area contributed by atoms with Gasteiger partial charge in [-0.15, -0.1) is 0 Å². The molecule has 0 aromatic heterocycles. The molecule has 0 radical (unpaired) electrons. The summed E-state index contributed by atoms with van der Waals surface area (Å²) in [5, 5.41) is 0. The van der Waals surface area contributed by atoms with Gasteiger partial charge in [-0.2, -0.15) is 0 Å². The summed E-state index contributed by atoms with van der Waals surface area (Å²) in [7, 11) is -0.111. The fourth-order valence-corrected chi connectivity index (χ4v) is 0. The van der Waals surface area contributed by atoms with Crippen molar-refractivity contribution in [1.82, 2.24) is 0 Å². The van der Waals surface area contributed by atoms with Crippen molar-refractivity contribution in [3.63, 3.8) is 0 Å². The van der Waals surface area contributed by atoms with E-state index in [1.54, 1.807) is 0 Å². The van der Waals surface area contributed by atoms with Crippen LogP contribution < -0.4 is 0 Å². The monoisotopic (exact) mass is 70.0 g/mol. The summed E-state index contributed by atoms with van der Waals surface area (Å²) in [4.78, 5) is 0. The van der Waals surface area contributed by atoms with Gasteiger partial charge in [0.15, 0.2) is 0 Å². The molecule has 0 atom stereocenters. The van der Waals surface area contributed by atoms with E-state index in [1.165, 1.54) is 0 Å². The van der Waals surface area contributed by atoms with Crippen LogP contribution in [0.3, 0.4) is 0 Å². The van der Waals surface area contributed by atoms with Crippen LogP contribution in [-0.2, 0) is 0 Å². The van der Waals surface area contributed by atoms with Gasteiger partial charge in [0.05, 0.1) is 0 Å². The normalized spacial score (nSPS) is 6.50. The summed E-state index contributed by atoms with van der Waals surface area (Å²) in [5.74, 6) is 0. The van der Waals surface area contributed by atoms with Gasteiger partial charge in [0.25, 0.3) is 0 Å². The molecule has 0 fully saturated rings. The van der Waals surface area contributed by atoms with E-state index in [9.17, 15) is 0 Å². The first kappa shape index (κ1) is 4.35. The van der Waals surface area contributed by atoms with Crippen LogP contribution >= 0.6 is 9.56 Å². The molecule has 20 valence electrons. The van der Waals surface area contributed by atoms with Gasteiger partial charge >= 0.3 is 29.1 Å². The molecule has 0 saturated heterocycles. The van der Waals surface area contributed by atoms with Crippen LogP contribution in [0.4, 0.5) is 0 Å². The second kappa shape index (κ2) is 1.65. The summed E-state index contributed by atoms with van der Waals surface area (Å²) in [6.45, 7) is 8.47. The Hall–Kier alpha value is 0.350. The molecule has 0 saturated carbocycles. The van der Waals surface area contributed by atoms with Gasteiger partial charge in [0.1, 0.15) is 0 Å². The van der Waals surface area contributed by atoms with Crippen LogP contribution in [-0.4, -0.2) is 19.5 Å². The summed E-state index contributed by atoms with van der Waals surface area (Å²) < 4.78 is 0. The van der Waals surface area contributed by atoms with E-state index in [1.807, 2.05) is 6.26 Å². The second-order valence-corrected chi connectivity index (χ2v) is 2.07. The average molecular weight is 69.7 g/mol. The van der Waals surface area contributed by atoms with Gasteiger partial charge in [-0.1, -0.05) is 0 Å². The quantitative estimate of drug-likeness (QED) is 0.345. The SMILES string of the molecule is B#S(=B)C. The third-order valence-corrected chi connectivity index (χ3v) is 0. The third kappa shape index (κ3) is 35.0. The molecule has 0 heterocycles. The van der Waals surface area contributed by atoms with E-state index in [0.29, 0.717) is 0 Å². The molecule has 4 heavy (non-hydrogen) atoms. The van der Waals surface area contributed by atoms with E-state index < -0.39 is 0 Å². The van der Waals surface area contributed by atoms with E-state index in [-0.39, 0.29) is 9.56 Å². The summed E-state index contributed by atoms with van der Waals surface area (Å²) in [5.41, 5.74) is 0. The third-order valence-electron chi connectivity index (χ3n) is 0. The van der Waals surface area contributed by atoms with Gasteiger partial charge in [-0.05, 0) is 0 Å². The predicted octanol–water partition coefficient (Wildman–Crippen LogP) is -0.216. The first-order valence-electron chi connectivity index (χ1n) is 0.933. The van der Waals surface area contributed by atoms with Crippen molar-refractivity contribution < 1.29 is 0 Å². The van der Waals surface area contributed by atoms with Crippen molar-refractivity contribution in [3.05, 3.63) is 0 Å². The average Bonchev–Trinajstić information content (AvgIpc) is 0.811. The van der Waals surface area contributed by atoms with Crippen molar-refractivity contribution in [2.75, 3.05) is 6.26 Å². The Balaban J connectivity index is 3.85. The standard InChI is InChI=1S/CH4B2S/c1-4(2)3/h2H,1H3. The zero-order valence-electron chi connectivity index (χ0n) is 2.69. The van der Waals surface area contributed by atoms with Crippen LogP contribution in [0.1, 0.15) is 0 Å². The van der Waals surface area contributed by atoms with Crippen LogP contribution in [0, 0.1) is 0 Å². The second-order valence-electron chi connectivity index (χ2n) is 0.691. The van der Waals surface area contributed by atoms with Crippen molar-refractivity contribution in [2.24, 2.45) is 0 Å². The summed E-state index contributed by atoms with van der Waals surface area (Å²) in [6, 6.07) is 0. The zero-order chi connectivity index (χ0) is 3.58. The Labute approximate surface area is 29.9 Å². The summed E-state index contributed by atoms with van der Waals surface area (Å²) >= 11 is 0. The molecule has 0 spiro atoms. The fourth-order valence-electron chi connectivity index (χ4n) is 0. The van der Waals surface area contributed by atoms with Crippen molar-refractivity contribution in [2.45, 2.75) is 0 Å². The summed E-state index contributed by atoms with van der Waals surface area (Å²) in [6.07, 6.45) is 1.86.